The van der Waals surface area contributed by atoms with Crippen LogP contribution in [0, 0.1) is 11.8 Å². The first-order chi connectivity index (χ1) is 12.3. The van der Waals surface area contributed by atoms with Gasteiger partial charge in [-0.05, 0) is 24.3 Å². The van der Waals surface area contributed by atoms with Crippen molar-refractivity contribution in [3.05, 3.63) is 48.5 Å². The quantitative estimate of drug-likeness (QED) is 0.816. The highest BCUT2D eigenvalue weighted by atomic mass is 16.7. The van der Waals surface area contributed by atoms with Gasteiger partial charge in [-0.15, -0.1) is 0 Å². The second kappa shape index (κ2) is 8.50. The summed E-state index contributed by atoms with van der Waals surface area (Å²) in [6.45, 7) is 0.642. The summed E-state index contributed by atoms with van der Waals surface area (Å²) in [5, 5.41) is 2.66. The van der Waals surface area contributed by atoms with E-state index in [-0.39, 0.29) is 32.5 Å². The van der Waals surface area contributed by atoms with Crippen LogP contribution in [-0.4, -0.2) is 32.5 Å². The Morgan fingerprint density at radius 2 is 1.84 bits per heavy atom. The number of para-hydroxylation sites is 1. The second-order valence-electron chi connectivity index (χ2n) is 5.04. The molecule has 0 atom stereocenters. The summed E-state index contributed by atoms with van der Waals surface area (Å²) in [4.78, 5) is 11.6. The summed E-state index contributed by atoms with van der Waals surface area (Å²) in [5.41, 5.74) is 0. The van der Waals surface area contributed by atoms with Crippen molar-refractivity contribution in [2.24, 2.45) is 0 Å². The number of hydrogen-bond donors (Lipinski definition) is 1. The molecule has 0 fully saturated rings. The van der Waals surface area contributed by atoms with Crippen molar-refractivity contribution in [3.8, 4) is 34.8 Å². The fraction of sp³-hybridized carbons (Fsp3) is 0.211. The Hall–Kier alpha value is -3.33. The van der Waals surface area contributed by atoms with Crippen LogP contribution in [0.4, 0.5) is 0 Å². The van der Waals surface area contributed by atoms with E-state index in [0.717, 1.165) is 0 Å². The van der Waals surface area contributed by atoms with E-state index in [9.17, 15) is 4.79 Å². The van der Waals surface area contributed by atoms with E-state index in [1.54, 1.807) is 30.3 Å². The van der Waals surface area contributed by atoms with Gasteiger partial charge in [-0.3, -0.25) is 4.79 Å². The Morgan fingerprint density at radius 3 is 2.72 bits per heavy atom. The van der Waals surface area contributed by atoms with Gasteiger partial charge in [-0.1, -0.05) is 30.0 Å². The van der Waals surface area contributed by atoms with Gasteiger partial charge in [0, 0.05) is 6.07 Å². The molecule has 0 radical (unpaired) electrons. The molecule has 128 valence electrons. The van der Waals surface area contributed by atoms with Gasteiger partial charge in [-0.25, -0.2) is 0 Å². The molecule has 2 aromatic carbocycles. The first-order valence-electron chi connectivity index (χ1n) is 7.74. The summed E-state index contributed by atoms with van der Waals surface area (Å²) >= 11 is 0. The lowest BCUT2D eigenvalue weighted by atomic mass is 10.3. The molecular formula is C19H17NO5. The largest absolute Gasteiger partial charge is 0.484 e. The van der Waals surface area contributed by atoms with Crippen LogP contribution in [0.1, 0.15) is 0 Å². The molecule has 3 rings (SSSR count). The third-order valence-corrected chi connectivity index (χ3v) is 3.27. The standard InChI is InChI=1S/C19H17NO5/c21-19(13-23-15-6-2-1-3-7-15)20-10-4-5-11-22-16-8-9-17-18(12-16)25-14-24-17/h1-3,6-9,12H,10-11,13-14H2,(H,20,21). The molecule has 2 aromatic rings. The van der Waals surface area contributed by atoms with Gasteiger partial charge in [0.15, 0.2) is 18.1 Å². The van der Waals surface area contributed by atoms with E-state index in [4.69, 9.17) is 18.9 Å². The van der Waals surface area contributed by atoms with Gasteiger partial charge < -0.3 is 24.3 Å². The molecule has 25 heavy (non-hydrogen) atoms. The zero-order valence-electron chi connectivity index (χ0n) is 13.5. The van der Waals surface area contributed by atoms with Crippen molar-refractivity contribution in [1.82, 2.24) is 5.32 Å². The van der Waals surface area contributed by atoms with Gasteiger partial charge in [0.05, 0.1) is 6.54 Å². The summed E-state index contributed by atoms with van der Waals surface area (Å²) in [6, 6.07) is 14.5. The van der Waals surface area contributed by atoms with E-state index in [0.29, 0.717) is 23.0 Å². The van der Waals surface area contributed by atoms with E-state index in [1.165, 1.54) is 0 Å². The SMILES string of the molecule is O=C(COc1ccccc1)NCC#CCOc1ccc2c(c1)OCO2. The molecule has 6 nitrogen and oxygen atoms in total. The second-order valence-corrected chi connectivity index (χ2v) is 5.04. The number of carbonyl (C=O) groups is 1. The van der Waals surface area contributed by atoms with Crippen LogP contribution < -0.4 is 24.3 Å². The molecule has 0 saturated carbocycles. The van der Waals surface area contributed by atoms with Crippen LogP contribution in [0.15, 0.2) is 48.5 Å². The highest BCUT2D eigenvalue weighted by Crippen LogP contribution is 2.34. The molecule has 0 saturated heterocycles. The lowest BCUT2D eigenvalue weighted by molar-refractivity contribution is -0.122. The average molecular weight is 339 g/mol. The Labute approximate surface area is 145 Å². The number of benzene rings is 2. The maximum atomic E-state index is 11.6. The van der Waals surface area contributed by atoms with E-state index >= 15 is 0 Å². The van der Waals surface area contributed by atoms with Gasteiger partial charge in [0.2, 0.25) is 6.79 Å². The van der Waals surface area contributed by atoms with Crippen molar-refractivity contribution >= 4 is 5.91 Å². The van der Waals surface area contributed by atoms with Crippen molar-refractivity contribution in [2.75, 3.05) is 26.6 Å². The summed E-state index contributed by atoms with van der Waals surface area (Å²) < 4.78 is 21.3. The van der Waals surface area contributed by atoms with Gasteiger partial charge in [-0.2, -0.15) is 0 Å². The number of carbonyl (C=O) groups excluding carboxylic acids is 1. The number of nitrogens with one attached hydrogen (secondary N) is 1. The number of rotatable bonds is 6. The van der Waals surface area contributed by atoms with Crippen LogP contribution >= 0.6 is 0 Å². The van der Waals surface area contributed by atoms with E-state index in [2.05, 4.69) is 17.2 Å². The highest BCUT2D eigenvalue weighted by Gasteiger charge is 2.13. The Bertz CT molecular complexity index is 779. The van der Waals surface area contributed by atoms with E-state index < -0.39 is 0 Å². The maximum absolute atomic E-state index is 11.6. The topological polar surface area (TPSA) is 66.0 Å². The van der Waals surface area contributed by atoms with Crippen LogP contribution in [0.25, 0.3) is 0 Å². The van der Waals surface area contributed by atoms with Crippen molar-refractivity contribution in [2.45, 2.75) is 0 Å². The van der Waals surface area contributed by atoms with Crippen molar-refractivity contribution in [1.29, 1.82) is 0 Å². The first kappa shape index (κ1) is 16.5. The third-order valence-electron chi connectivity index (χ3n) is 3.27. The fourth-order valence-electron chi connectivity index (χ4n) is 2.06. The number of amides is 1. The Balaban J connectivity index is 1.32. The molecule has 1 aliphatic rings. The molecule has 6 heteroatoms. The molecule has 0 aromatic heterocycles. The molecule has 0 spiro atoms. The van der Waals surface area contributed by atoms with Gasteiger partial charge in [0.25, 0.3) is 5.91 Å². The number of hydrogen-bond acceptors (Lipinski definition) is 5. The molecular weight excluding hydrogens is 322 g/mol. The van der Waals surface area contributed by atoms with Crippen molar-refractivity contribution < 1.29 is 23.7 Å². The molecule has 0 bridgehead atoms. The molecule has 1 N–H and O–H groups in total. The Kier molecular flexibility index (Phi) is 5.62. The average Bonchev–Trinajstić information content (AvgIpc) is 3.11. The highest BCUT2D eigenvalue weighted by molar-refractivity contribution is 5.77. The monoisotopic (exact) mass is 339 g/mol. The van der Waals surface area contributed by atoms with Gasteiger partial charge >= 0.3 is 0 Å². The normalized spacial score (nSPS) is 11.2. The summed E-state index contributed by atoms with van der Waals surface area (Å²) in [5.74, 6) is 8.10. The van der Waals surface area contributed by atoms with Crippen LogP contribution in [0.2, 0.25) is 0 Å². The predicted octanol–water partition coefficient (Wildman–Crippen LogP) is 1.99. The summed E-state index contributed by atoms with van der Waals surface area (Å²) in [7, 11) is 0. The van der Waals surface area contributed by atoms with E-state index in [1.807, 2.05) is 18.2 Å². The van der Waals surface area contributed by atoms with Crippen molar-refractivity contribution in [3.63, 3.8) is 0 Å². The minimum Gasteiger partial charge on any atom is -0.484 e. The molecule has 1 heterocycles. The smallest absolute Gasteiger partial charge is 0.258 e. The molecule has 0 aliphatic carbocycles. The van der Waals surface area contributed by atoms with Crippen LogP contribution in [0.3, 0.4) is 0 Å². The maximum Gasteiger partial charge on any atom is 0.258 e. The Morgan fingerprint density at radius 1 is 1.00 bits per heavy atom. The van der Waals surface area contributed by atoms with Crippen LogP contribution in [0.5, 0.6) is 23.0 Å². The minimum atomic E-state index is -0.227. The minimum absolute atomic E-state index is 0.0423. The zero-order valence-corrected chi connectivity index (χ0v) is 13.5. The first-order valence-corrected chi connectivity index (χ1v) is 7.74. The third kappa shape index (κ3) is 5.08. The van der Waals surface area contributed by atoms with Crippen LogP contribution in [-0.2, 0) is 4.79 Å². The molecule has 1 amide bonds. The lowest BCUT2D eigenvalue weighted by Crippen LogP contribution is -2.29. The predicted molar refractivity (Wildman–Crippen MR) is 90.8 cm³/mol. The lowest BCUT2D eigenvalue weighted by Gasteiger charge is -2.05. The zero-order chi connectivity index (χ0) is 17.3. The molecule has 0 unspecified atom stereocenters. The summed E-state index contributed by atoms with van der Waals surface area (Å²) in [6.07, 6.45) is 0. The number of fused-ring (bicyclic) bond motifs is 1. The molecule has 1 aliphatic heterocycles. The van der Waals surface area contributed by atoms with Gasteiger partial charge in [0.1, 0.15) is 18.1 Å². The number of ether oxygens (including phenoxy) is 4. The fourth-order valence-corrected chi connectivity index (χ4v) is 2.06.